The number of carbonyl (C=O) groups excluding carboxylic acids is 1. The third-order valence-electron chi connectivity index (χ3n) is 2.70. The minimum Gasteiger partial charge on any atom is -0.383 e. The number of rotatable bonds is 5. The van der Waals surface area contributed by atoms with Crippen molar-refractivity contribution in [1.82, 2.24) is 9.88 Å². The quantitative estimate of drug-likeness (QED) is 0.769. The second kappa shape index (κ2) is 5.70. The van der Waals surface area contributed by atoms with Crippen LogP contribution < -0.4 is 5.32 Å². The van der Waals surface area contributed by atoms with Gasteiger partial charge in [-0.2, -0.15) is 0 Å². The van der Waals surface area contributed by atoms with Crippen molar-refractivity contribution < 1.29 is 9.53 Å². The Morgan fingerprint density at radius 1 is 1.44 bits per heavy atom. The van der Waals surface area contributed by atoms with Gasteiger partial charge in [0.05, 0.1) is 6.61 Å². The van der Waals surface area contributed by atoms with Crippen molar-refractivity contribution in [2.75, 3.05) is 20.3 Å². The number of ether oxygens (including phenoxy) is 1. The molecule has 1 heterocycles. The normalized spacial score (nSPS) is 12.5. The fourth-order valence-electron chi connectivity index (χ4n) is 1.83. The molecule has 4 heteroatoms. The molecule has 0 saturated heterocycles. The Morgan fingerprint density at radius 2 is 2.00 bits per heavy atom. The van der Waals surface area contributed by atoms with E-state index in [2.05, 4.69) is 5.32 Å². The van der Waals surface area contributed by atoms with Crippen molar-refractivity contribution >= 4 is 5.91 Å². The molecule has 90 valence electrons. The summed E-state index contributed by atoms with van der Waals surface area (Å²) in [6.45, 7) is 7.02. The Labute approximate surface area is 96.6 Å². The molecular weight excluding hydrogens is 204 g/mol. The van der Waals surface area contributed by atoms with Crippen LogP contribution in [0.25, 0.3) is 0 Å². The standard InChI is InChI=1S/C12H20N2O2/c1-9-5-6-10(2)14(9)11(3)12(15)13-7-8-16-4/h5-6,11H,7-8H2,1-4H3,(H,13,15). The fourth-order valence-corrected chi connectivity index (χ4v) is 1.83. The molecular formula is C12H20N2O2. The lowest BCUT2D eigenvalue weighted by atomic mass is 10.3. The molecule has 0 aliphatic heterocycles. The van der Waals surface area contributed by atoms with Crippen molar-refractivity contribution in [3.63, 3.8) is 0 Å². The summed E-state index contributed by atoms with van der Waals surface area (Å²) in [7, 11) is 1.62. The van der Waals surface area contributed by atoms with Crippen LogP contribution in [-0.4, -0.2) is 30.7 Å². The molecule has 0 saturated carbocycles. The zero-order valence-corrected chi connectivity index (χ0v) is 10.4. The van der Waals surface area contributed by atoms with Crippen LogP contribution in [0.2, 0.25) is 0 Å². The summed E-state index contributed by atoms with van der Waals surface area (Å²) in [5.41, 5.74) is 2.21. The molecule has 1 unspecified atom stereocenters. The van der Waals surface area contributed by atoms with Crippen molar-refractivity contribution in [2.45, 2.75) is 26.8 Å². The number of aromatic nitrogens is 1. The van der Waals surface area contributed by atoms with E-state index < -0.39 is 0 Å². The zero-order chi connectivity index (χ0) is 12.1. The third kappa shape index (κ3) is 2.85. The first-order valence-electron chi connectivity index (χ1n) is 5.49. The Hall–Kier alpha value is -1.29. The fraction of sp³-hybridized carbons (Fsp3) is 0.583. The van der Waals surface area contributed by atoms with Crippen LogP contribution in [0.5, 0.6) is 0 Å². The highest BCUT2D eigenvalue weighted by atomic mass is 16.5. The molecule has 0 bridgehead atoms. The summed E-state index contributed by atoms with van der Waals surface area (Å²) in [6.07, 6.45) is 0. The summed E-state index contributed by atoms with van der Waals surface area (Å²) < 4.78 is 6.92. The maximum absolute atomic E-state index is 11.8. The lowest BCUT2D eigenvalue weighted by molar-refractivity contribution is -0.124. The Morgan fingerprint density at radius 3 is 2.50 bits per heavy atom. The third-order valence-corrected chi connectivity index (χ3v) is 2.70. The molecule has 0 spiro atoms. The minimum atomic E-state index is -0.174. The molecule has 0 aliphatic rings. The highest BCUT2D eigenvalue weighted by Gasteiger charge is 2.16. The van der Waals surface area contributed by atoms with Crippen LogP contribution in [0.4, 0.5) is 0 Å². The molecule has 1 N–H and O–H groups in total. The van der Waals surface area contributed by atoms with Gasteiger partial charge in [-0.1, -0.05) is 0 Å². The van der Waals surface area contributed by atoms with E-state index in [1.165, 1.54) is 0 Å². The first-order valence-corrected chi connectivity index (χ1v) is 5.49. The smallest absolute Gasteiger partial charge is 0.242 e. The first kappa shape index (κ1) is 12.8. The van der Waals surface area contributed by atoms with Gasteiger partial charge in [0.1, 0.15) is 6.04 Å². The predicted molar refractivity (Wildman–Crippen MR) is 63.5 cm³/mol. The number of hydrogen-bond acceptors (Lipinski definition) is 2. The number of carbonyl (C=O) groups is 1. The molecule has 1 aromatic heterocycles. The highest BCUT2D eigenvalue weighted by Crippen LogP contribution is 2.15. The summed E-state index contributed by atoms with van der Waals surface area (Å²) >= 11 is 0. The van der Waals surface area contributed by atoms with Crippen molar-refractivity contribution in [2.24, 2.45) is 0 Å². The molecule has 16 heavy (non-hydrogen) atoms. The van der Waals surface area contributed by atoms with Gasteiger partial charge >= 0.3 is 0 Å². The van der Waals surface area contributed by atoms with E-state index in [9.17, 15) is 4.79 Å². The second-order valence-electron chi connectivity index (χ2n) is 3.95. The lowest BCUT2D eigenvalue weighted by Crippen LogP contribution is -2.33. The van der Waals surface area contributed by atoms with Crippen LogP contribution >= 0.6 is 0 Å². The average molecular weight is 224 g/mol. The van der Waals surface area contributed by atoms with Gasteiger partial charge in [0.15, 0.2) is 0 Å². The topological polar surface area (TPSA) is 43.3 Å². The SMILES string of the molecule is COCCNC(=O)C(C)n1c(C)ccc1C. The first-order chi connectivity index (χ1) is 7.57. The lowest BCUT2D eigenvalue weighted by Gasteiger charge is -2.17. The van der Waals surface area contributed by atoms with Crippen LogP contribution in [0, 0.1) is 13.8 Å². The van der Waals surface area contributed by atoms with E-state index >= 15 is 0 Å². The van der Waals surface area contributed by atoms with Crippen molar-refractivity contribution in [1.29, 1.82) is 0 Å². The van der Waals surface area contributed by atoms with Crippen molar-refractivity contribution in [3.05, 3.63) is 23.5 Å². The molecule has 1 aromatic rings. The summed E-state index contributed by atoms with van der Waals surface area (Å²) in [6, 6.07) is 3.87. The van der Waals surface area contributed by atoms with Crippen LogP contribution in [0.15, 0.2) is 12.1 Å². The molecule has 0 radical (unpaired) electrons. The summed E-state index contributed by atoms with van der Waals surface area (Å²) in [5, 5.41) is 2.84. The number of hydrogen-bond donors (Lipinski definition) is 1. The largest absolute Gasteiger partial charge is 0.383 e. The maximum atomic E-state index is 11.8. The predicted octanol–water partition coefficient (Wildman–Crippen LogP) is 1.43. The van der Waals surface area contributed by atoms with Gasteiger partial charge in [-0.25, -0.2) is 0 Å². The van der Waals surface area contributed by atoms with Gasteiger partial charge in [0.2, 0.25) is 5.91 Å². The average Bonchev–Trinajstić information content (AvgIpc) is 2.58. The van der Waals surface area contributed by atoms with E-state index in [4.69, 9.17) is 4.74 Å². The van der Waals surface area contributed by atoms with E-state index in [1.54, 1.807) is 7.11 Å². The maximum Gasteiger partial charge on any atom is 0.242 e. The zero-order valence-electron chi connectivity index (χ0n) is 10.4. The van der Waals surface area contributed by atoms with E-state index in [-0.39, 0.29) is 11.9 Å². The molecule has 0 aliphatic carbocycles. The monoisotopic (exact) mass is 224 g/mol. The molecule has 0 fully saturated rings. The second-order valence-corrected chi connectivity index (χ2v) is 3.95. The number of nitrogens with zero attached hydrogens (tertiary/aromatic N) is 1. The van der Waals surface area contributed by atoms with Gasteiger partial charge in [-0.05, 0) is 32.9 Å². The van der Waals surface area contributed by atoms with Gasteiger partial charge < -0.3 is 14.6 Å². The van der Waals surface area contributed by atoms with Crippen LogP contribution in [0.3, 0.4) is 0 Å². The van der Waals surface area contributed by atoms with Crippen LogP contribution in [0.1, 0.15) is 24.4 Å². The number of amides is 1. The molecule has 4 nitrogen and oxygen atoms in total. The molecule has 1 atom stereocenters. The van der Waals surface area contributed by atoms with E-state index in [0.29, 0.717) is 13.2 Å². The van der Waals surface area contributed by atoms with Gasteiger partial charge in [-0.15, -0.1) is 0 Å². The minimum absolute atomic E-state index is 0.0273. The molecule has 0 aromatic carbocycles. The van der Waals surface area contributed by atoms with Gasteiger partial charge in [0, 0.05) is 25.0 Å². The number of nitrogens with one attached hydrogen (secondary N) is 1. The number of methoxy groups -OCH3 is 1. The Balaban J connectivity index is 2.63. The van der Waals surface area contributed by atoms with Crippen LogP contribution in [-0.2, 0) is 9.53 Å². The van der Waals surface area contributed by atoms with E-state index in [1.807, 2.05) is 37.5 Å². The molecule has 1 amide bonds. The number of aryl methyl sites for hydroxylation is 2. The Kier molecular flexibility index (Phi) is 4.55. The van der Waals surface area contributed by atoms with Crippen molar-refractivity contribution in [3.8, 4) is 0 Å². The van der Waals surface area contributed by atoms with Gasteiger partial charge in [0.25, 0.3) is 0 Å². The summed E-state index contributed by atoms with van der Waals surface area (Å²) in [5.74, 6) is 0.0273. The summed E-state index contributed by atoms with van der Waals surface area (Å²) in [4.78, 5) is 11.8. The Bertz CT molecular complexity index is 338. The van der Waals surface area contributed by atoms with E-state index in [0.717, 1.165) is 11.4 Å². The van der Waals surface area contributed by atoms with Gasteiger partial charge in [-0.3, -0.25) is 4.79 Å². The molecule has 1 rings (SSSR count). The highest BCUT2D eigenvalue weighted by molar-refractivity contribution is 5.80.